The third-order valence-electron chi connectivity index (χ3n) is 7.16. The molecule has 13 nitrogen and oxygen atoms in total. The summed E-state index contributed by atoms with van der Waals surface area (Å²) < 4.78 is 32.8. The van der Waals surface area contributed by atoms with Gasteiger partial charge in [-0.25, -0.2) is 4.79 Å². The monoisotopic (exact) mass is 524 g/mol. The van der Waals surface area contributed by atoms with Crippen LogP contribution in [0.25, 0.3) is 6.08 Å². The molecule has 0 aromatic heterocycles. The van der Waals surface area contributed by atoms with Gasteiger partial charge in [-0.3, -0.25) is 0 Å². The Bertz CT molecular complexity index is 1070. The first-order valence-corrected chi connectivity index (χ1v) is 11.6. The van der Waals surface area contributed by atoms with E-state index in [0.717, 1.165) is 0 Å². The van der Waals surface area contributed by atoms with Gasteiger partial charge in [-0.15, -0.1) is 0 Å². The first kappa shape index (κ1) is 25.9. The number of hydrogen-bond acceptors (Lipinski definition) is 13. The van der Waals surface area contributed by atoms with Crippen LogP contribution in [-0.4, -0.2) is 105 Å². The van der Waals surface area contributed by atoms with E-state index in [4.69, 9.17) is 28.4 Å². The van der Waals surface area contributed by atoms with Crippen molar-refractivity contribution < 1.29 is 63.9 Å². The second-order valence-electron chi connectivity index (χ2n) is 9.26. The van der Waals surface area contributed by atoms with Crippen molar-refractivity contribution in [2.45, 2.75) is 55.0 Å². The molecule has 0 spiro atoms. The summed E-state index contributed by atoms with van der Waals surface area (Å²) in [7, 11) is 1.41. The molecule has 2 saturated heterocycles. The third kappa shape index (κ3) is 4.47. The fourth-order valence-corrected chi connectivity index (χ4v) is 5.19. The van der Waals surface area contributed by atoms with Gasteiger partial charge in [0, 0.05) is 12.0 Å². The number of hydrogen-bond donors (Lipinski definition) is 6. The Morgan fingerprint density at radius 1 is 1.14 bits per heavy atom. The molecule has 13 heteroatoms. The van der Waals surface area contributed by atoms with Crippen molar-refractivity contribution >= 4 is 12.0 Å². The topological polar surface area (TPSA) is 197 Å². The SMILES string of the molecule is COc1cc(/C=C\C(=O)O[C@H]2[C@@H]3C=CO[C@@H](O[C@@H]4OC(O)[C@H](O)C(O)[C@@H]4O)[C@@H]3[C@@]3(CO)O[C@@H]23)ccc1O. The molecular formula is C24H28O13. The van der Waals surface area contributed by atoms with Crippen LogP contribution in [0.5, 0.6) is 11.5 Å². The van der Waals surface area contributed by atoms with Gasteiger partial charge in [0.25, 0.3) is 0 Å². The highest BCUT2D eigenvalue weighted by atomic mass is 16.8. The molecule has 1 aromatic carbocycles. The summed E-state index contributed by atoms with van der Waals surface area (Å²) in [6, 6.07) is 4.56. The summed E-state index contributed by atoms with van der Waals surface area (Å²) in [5.74, 6) is -1.68. The summed E-state index contributed by atoms with van der Waals surface area (Å²) in [5.41, 5.74) is -0.571. The number of methoxy groups -OCH3 is 1. The molecule has 6 N–H and O–H groups in total. The summed E-state index contributed by atoms with van der Waals surface area (Å²) >= 11 is 0. The van der Waals surface area contributed by atoms with Gasteiger partial charge in [0.1, 0.15) is 36.1 Å². The summed E-state index contributed by atoms with van der Waals surface area (Å²) in [6.45, 7) is -0.439. The lowest BCUT2D eigenvalue weighted by Crippen LogP contribution is -2.59. The summed E-state index contributed by atoms with van der Waals surface area (Å²) in [4.78, 5) is 12.6. The van der Waals surface area contributed by atoms with E-state index in [1.165, 1.54) is 31.6 Å². The van der Waals surface area contributed by atoms with Crippen molar-refractivity contribution in [3.8, 4) is 11.5 Å². The molecule has 1 aromatic rings. The number of ether oxygens (including phenoxy) is 6. The van der Waals surface area contributed by atoms with Gasteiger partial charge in [0.2, 0.25) is 6.29 Å². The minimum absolute atomic E-state index is 0.0418. The standard InChI is InChI=1S/C24H28O13/c1-32-13-8-10(2-4-12(13)26)3-5-14(27)34-19-11-6-7-33-22(15(11)24(9-25)20(19)37-24)36-23-18(30)16(28)17(29)21(31)35-23/h2-8,11,15-23,25-26,28-31H,9H2,1H3/b5-3-/t11-,15-,16?,17-,18+,19+,20+,21?,22+,23+,24-/m1/s1. The van der Waals surface area contributed by atoms with Crippen molar-refractivity contribution in [3.63, 3.8) is 0 Å². The number of aromatic hydroxyl groups is 1. The number of esters is 1. The Labute approximate surface area is 210 Å². The van der Waals surface area contributed by atoms with E-state index in [1.54, 1.807) is 18.2 Å². The zero-order chi connectivity index (χ0) is 26.5. The quantitative estimate of drug-likeness (QED) is 0.135. The van der Waals surface area contributed by atoms with E-state index in [9.17, 15) is 35.4 Å². The summed E-state index contributed by atoms with van der Waals surface area (Å²) in [6.07, 6.45) is -5.53. The number of phenolic OH excluding ortho intramolecular Hbond substituents is 1. The zero-order valence-corrected chi connectivity index (χ0v) is 19.6. The molecule has 202 valence electrons. The van der Waals surface area contributed by atoms with E-state index in [-0.39, 0.29) is 11.5 Å². The normalized spacial score (nSPS) is 42.1. The number of carbonyl (C=O) groups is 1. The molecule has 3 fully saturated rings. The van der Waals surface area contributed by atoms with Crippen molar-refractivity contribution in [2.75, 3.05) is 13.7 Å². The highest BCUT2D eigenvalue weighted by Gasteiger charge is 2.77. The minimum atomic E-state index is -1.81. The number of aliphatic hydroxyl groups excluding tert-OH is 5. The first-order valence-electron chi connectivity index (χ1n) is 11.6. The third-order valence-corrected chi connectivity index (χ3v) is 7.16. The molecule has 0 radical (unpaired) electrons. The second kappa shape index (κ2) is 9.85. The van der Waals surface area contributed by atoms with Gasteiger partial charge < -0.3 is 59.1 Å². The maximum atomic E-state index is 12.6. The summed E-state index contributed by atoms with van der Waals surface area (Å²) in [5, 5.41) is 59.5. The molecule has 5 rings (SSSR count). The Balaban J connectivity index is 1.29. The lowest BCUT2D eigenvalue weighted by atomic mass is 9.85. The Kier molecular flexibility index (Phi) is 6.89. The molecule has 3 heterocycles. The minimum Gasteiger partial charge on any atom is -0.504 e. The van der Waals surface area contributed by atoms with E-state index in [2.05, 4.69) is 0 Å². The molecular weight excluding hydrogens is 496 g/mol. The van der Waals surface area contributed by atoms with Crippen LogP contribution < -0.4 is 4.74 Å². The average Bonchev–Trinajstić information content (AvgIpc) is 3.57. The van der Waals surface area contributed by atoms with Crippen LogP contribution in [-0.2, 0) is 28.5 Å². The van der Waals surface area contributed by atoms with Crippen LogP contribution in [0, 0.1) is 11.8 Å². The molecule has 1 saturated carbocycles. The maximum Gasteiger partial charge on any atom is 0.331 e. The average molecular weight is 524 g/mol. The van der Waals surface area contributed by atoms with Crippen LogP contribution in [0.3, 0.4) is 0 Å². The molecule has 2 unspecified atom stereocenters. The van der Waals surface area contributed by atoms with Crippen LogP contribution in [0.1, 0.15) is 5.56 Å². The molecule has 0 amide bonds. The van der Waals surface area contributed by atoms with Crippen molar-refractivity contribution in [2.24, 2.45) is 11.8 Å². The van der Waals surface area contributed by atoms with E-state index < -0.39 is 79.4 Å². The highest BCUT2D eigenvalue weighted by Crippen LogP contribution is 2.60. The van der Waals surface area contributed by atoms with Crippen molar-refractivity contribution in [3.05, 3.63) is 42.2 Å². The van der Waals surface area contributed by atoms with Crippen molar-refractivity contribution in [1.82, 2.24) is 0 Å². The Morgan fingerprint density at radius 2 is 1.92 bits per heavy atom. The van der Waals surface area contributed by atoms with Crippen LogP contribution in [0.15, 0.2) is 36.6 Å². The van der Waals surface area contributed by atoms with Gasteiger partial charge in [0.05, 0.1) is 25.9 Å². The fourth-order valence-electron chi connectivity index (χ4n) is 5.19. The van der Waals surface area contributed by atoms with Crippen molar-refractivity contribution in [1.29, 1.82) is 0 Å². The van der Waals surface area contributed by atoms with E-state index in [0.29, 0.717) is 5.56 Å². The number of phenols is 1. The molecule has 4 aliphatic rings. The number of epoxide rings is 1. The largest absolute Gasteiger partial charge is 0.504 e. The molecule has 11 atom stereocenters. The Morgan fingerprint density at radius 3 is 2.65 bits per heavy atom. The van der Waals surface area contributed by atoms with E-state index in [1.807, 2.05) is 0 Å². The predicted octanol–water partition coefficient (Wildman–Crippen LogP) is -1.65. The predicted molar refractivity (Wildman–Crippen MR) is 119 cm³/mol. The van der Waals surface area contributed by atoms with Crippen LogP contribution in [0.4, 0.5) is 0 Å². The molecule has 1 aliphatic carbocycles. The number of benzene rings is 1. The van der Waals surface area contributed by atoms with Gasteiger partial charge >= 0.3 is 5.97 Å². The first-order chi connectivity index (χ1) is 17.7. The Hall–Kier alpha value is -2.75. The van der Waals surface area contributed by atoms with Crippen LogP contribution in [0.2, 0.25) is 0 Å². The van der Waals surface area contributed by atoms with E-state index >= 15 is 0 Å². The fraction of sp³-hybridized carbons (Fsp3) is 0.542. The highest BCUT2D eigenvalue weighted by molar-refractivity contribution is 5.87. The maximum absolute atomic E-state index is 12.6. The smallest absolute Gasteiger partial charge is 0.331 e. The number of rotatable bonds is 7. The molecule has 3 aliphatic heterocycles. The number of fused-ring (bicyclic) bond motifs is 3. The van der Waals surface area contributed by atoms with Gasteiger partial charge in [-0.2, -0.15) is 0 Å². The van der Waals surface area contributed by atoms with Gasteiger partial charge in [-0.1, -0.05) is 6.07 Å². The number of carbonyl (C=O) groups excluding carboxylic acids is 1. The lowest BCUT2D eigenvalue weighted by molar-refractivity contribution is -0.371. The zero-order valence-electron chi connectivity index (χ0n) is 19.6. The van der Waals surface area contributed by atoms with Gasteiger partial charge in [-0.05, 0) is 29.8 Å². The lowest BCUT2D eigenvalue weighted by Gasteiger charge is -2.42. The van der Waals surface area contributed by atoms with Gasteiger partial charge in [0.15, 0.2) is 24.1 Å². The second-order valence-corrected chi connectivity index (χ2v) is 9.26. The number of aliphatic hydroxyl groups is 5. The molecule has 0 bridgehead atoms. The molecule has 37 heavy (non-hydrogen) atoms. The van der Waals surface area contributed by atoms with Crippen LogP contribution >= 0.6 is 0 Å².